The number of carbonyl (C=O) groups is 1. The Morgan fingerprint density at radius 2 is 2.00 bits per heavy atom. The first-order valence-electron chi connectivity index (χ1n) is 5.83. The summed E-state index contributed by atoms with van der Waals surface area (Å²) in [5.74, 6) is -0.676. The van der Waals surface area contributed by atoms with Crippen LogP contribution in [-0.2, 0) is 16.1 Å². The smallest absolute Gasteiger partial charge is 0.329 e. The zero-order valence-corrected chi connectivity index (χ0v) is 10.3. The maximum atomic E-state index is 10.4. The minimum absolute atomic E-state index is 0.246. The van der Waals surface area contributed by atoms with E-state index in [1.807, 2.05) is 19.1 Å². The third kappa shape index (κ3) is 3.21. The molecule has 0 amide bonds. The number of phenolic OH excluding ortho intramolecular Hbond substituents is 1. The quantitative estimate of drug-likeness (QED) is 0.819. The molecule has 1 aromatic rings. The SMILES string of the molecule is CC1(OCC(=O)O)CN(Cc2ccc(O)cc2)C1. The molecule has 0 spiro atoms. The highest BCUT2D eigenvalue weighted by Crippen LogP contribution is 2.26. The van der Waals surface area contributed by atoms with E-state index in [1.54, 1.807) is 12.1 Å². The summed E-state index contributed by atoms with van der Waals surface area (Å²) >= 11 is 0. The van der Waals surface area contributed by atoms with Crippen molar-refractivity contribution in [3.05, 3.63) is 29.8 Å². The molecule has 2 rings (SSSR count). The van der Waals surface area contributed by atoms with Crippen molar-refractivity contribution >= 4 is 5.97 Å². The number of aliphatic carboxylic acids is 1. The second-order valence-corrected chi connectivity index (χ2v) is 4.94. The number of carboxylic acids is 1. The lowest BCUT2D eigenvalue weighted by Crippen LogP contribution is -2.61. The maximum absolute atomic E-state index is 10.4. The van der Waals surface area contributed by atoms with Gasteiger partial charge in [0.1, 0.15) is 12.4 Å². The highest BCUT2D eigenvalue weighted by molar-refractivity contribution is 5.68. The van der Waals surface area contributed by atoms with Crippen LogP contribution >= 0.6 is 0 Å². The first-order valence-corrected chi connectivity index (χ1v) is 5.83. The first kappa shape index (κ1) is 12.9. The van der Waals surface area contributed by atoms with Crippen molar-refractivity contribution in [3.8, 4) is 5.75 Å². The Morgan fingerprint density at radius 1 is 1.39 bits per heavy atom. The molecule has 0 unspecified atom stereocenters. The second kappa shape index (κ2) is 4.96. The van der Waals surface area contributed by atoms with Crippen LogP contribution in [0.5, 0.6) is 5.75 Å². The van der Waals surface area contributed by atoms with E-state index in [9.17, 15) is 9.90 Å². The number of hydrogen-bond acceptors (Lipinski definition) is 4. The number of aromatic hydroxyl groups is 1. The summed E-state index contributed by atoms with van der Waals surface area (Å²) in [5, 5.41) is 17.7. The molecule has 18 heavy (non-hydrogen) atoms. The summed E-state index contributed by atoms with van der Waals surface area (Å²) in [6.07, 6.45) is 0. The van der Waals surface area contributed by atoms with Crippen molar-refractivity contribution in [2.75, 3.05) is 19.7 Å². The lowest BCUT2D eigenvalue weighted by Gasteiger charge is -2.47. The van der Waals surface area contributed by atoms with E-state index in [2.05, 4.69) is 4.90 Å². The van der Waals surface area contributed by atoms with Gasteiger partial charge < -0.3 is 14.9 Å². The van der Waals surface area contributed by atoms with Gasteiger partial charge in [0.25, 0.3) is 0 Å². The van der Waals surface area contributed by atoms with Crippen molar-refractivity contribution in [2.45, 2.75) is 19.1 Å². The van der Waals surface area contributed by atoms with Gasteiger partial charge in [-0.1, -0.05) is 12.1 Å². The minimum Gasteiger partial charge on any atom is -0.508 e. The van der Waals surface area contributed by atoms with Crippen molar-refractivity contribution in [3.63, 3.8) is 0 Å². The Kier molecular flexibility index (Phi) is 3.54. The van der Waals surface area contributed by atoms with E-state index in [-0.39, 0.29) is 18.0 Å². The molecule has 1 aliphatic heterocycles. The van der Waals surface area contributed by atoms with Crippen LogP contribution in [0.3, 0.4) is 0 Å². The molecule has 98 valence electrons. The third-order valence-electron chi connectivity index (χ3n) is 3.00. The number of phenols is 1. The van der Waals surface area contributed by atoms with E-state index in [1.165, 1.54) is 0 Å². The van der Waals surface area contributed by atoms with Crippen molar-refractivity contribution in [1.82, 2.24) is 4.90 Å². The van der Waals surface area contributed by atoms with E-state index in [0.29, 0.717) is 0 Å². The van der Waals surface area contributed by atoms with Crippen LogP contribution in [0.1, 0.15) is 12.5 Å². The first-order chi connectivity index (χ1) is 8.47. The van der Waals surface area contributed by atoms with Crippen LogP contribution in [0.15, 0.2) is 24.3 Å². The minimum atomic E-state index is -0.937. The zero-order chi connectivity index (χ0) is 13.2. The lowest BCUT2D eigenvalue weighted by atomic mass is 9.95. The lowest BCUT2D eigenvalue weighted by molar-refractivity contribution is -0.165. The summed E-state index contributed by atoms with van der Waals surface area (Å²) in [6.45, 7) is 3.90. The molecule has 0 aliphatic carbocycles. The third-order valence-corrected chi connectivity index (χ3v) is 3.00. The molecule has 0 radical (unpaired) electrons. The van der Waals surface area contributed by atoms with Gasteiger partial charge in [-0.15, -0.1) is 0 Å². The molecule has 0 saturated carbocycles. The van der Waals surface area contributed by atoms with Gasteiger partial charge in [0.2, 0.25) is 0 Å². The summed E-state index contributed by atoms with van der Waals surface area (Å²) in [6, 6.07) is 7.08. The average Bonchev–Trinajstić information content (AvgIpc) is 2.27. The fourth-order valence-electron chi connectivity index (χ4n) is 2.20. The topological polar surface area (TPSA) is 70.0 Å². The van der Waals surface area contributed by atoms with Gasteiger partial charge in [0.05, 0.1) is 5.60 Å². The fraction of sp³-hybridized carbons (Fsp3) is 0.462. The van der Waals surface area contributed by atoms with Crippen LogP contribution in [0, 0.1) is 0 Å². The molecule has 5 nitrogen and oxygen atoms in total. The number of ether oxygens (including phenoxy) is 1. The number of rotatable bonds is 5. The summed E-state index contributed by atoms with van der Waals surface area (Å²) < 4.78 is 5.33. The molecule has 1 saturated heterocycles. The van der Waals surface area contributed by atoms with Gasteiger partial charge in [-0.25, -0.2) is 4.79 Å². The number of hydrogen-bond donors (Lipinski definition) is 2. The number of likely N-dealkylation sites (tertiary alicyclic amines) is 1. The molecule has 2 N–H and O–H groups in total. The van der Waals surface area contributed by atoms with Gasteiger partial charge in [-0.05, 0) is 24.6 Å². The highest BCUT2D eigenvalue weighted by atomic mass is 16.5. The van der Waals surface area contributed by atoms with Gasteiger partial charge in [-0.3, -0.25) is 4.90 Å². The molecule has 1 fully saturated rings. The molecular weight excluding hydrogens is 234 g/mol. The van der Waals surface area contributed by atoms with Crippen LogP contribution in [0.2, 0.25) is 0 Å². The van der Waals surface area contributed by atoms with Crippen LogP contribution < -0.4 is 0 Å². The average molecular weight is 251 g/mol. The van der Waals surface area contributed by atoms with Crippen molar-refractivity contribution in [2.24, 2.45) is 0 Å². The normalized spacial score (nSPS) is 18.3. The van der Waals surface area contributed by atoms with Gasteiger partial charge in [0.15, 0.2) is 0 Å². The van der Waals surface area contributed by atoms with E-state index < -0.39 is 5.97 Å². The summed E-state index contributed by atoms with van der Waals surface area (Å²) in [5.41, 5.74) is 0.767. The Morgan fingerprint density at radius 3 is 2.56 bits per heavy atom. The standard InChI is InChI=1S/C13H17NO4/c1-13(18-7-12(16)17)8-14(9-13)6-10-2-4-11(15)5-3-10/h2-5,15H,6-9H2,1H3,(H,16,17). The van der Waals surface area contributed by atoms with Crippen LogP contribution in [0.4, 0.5) is 0 Å². The molecule has 5 heteroatoms. The number of benzene rings is 1. The van der Waals surface area contributed by atoms with Gasteiger partial charge in [-0.2, -0.15) is 0 Å². The highest BCUT2D eigenvalue weighted by Gasteiger charge is 2.39. The predicted molar refractivity (Wildman–Crippen MR) is 65.4 cm³/mol. The van der Waals surface area contributed by atoms with Crippen molar-refractivity contribution in [1.29, 1.82) is 0 Å². The molecule has 1 aromatic carbocycles. The Labute approximate surface area is 106 Å². The molecule has 1 heterocycles. The second-order valence-electron chi connectivity index (χ2n) is 4.94. The predicted octanol–water partition coefficient (Wildman–Crippen LogP) is 1.07. The summed E-state index contributed by atoms with van der Waals surface area (Å²) in [4.78, 5) is 12.6. The van der Waals surface area contributed by atoms with E-state index in [0.717, 1.165) is 25.2 Å². The van der Waals surface area contributed by atoms with Crippen LogP contribution in [-0.4, -0.2) is 46.4 Å². The van der Waals surface area contributed by atoms with Crippen molar-refractivity contribution < 1.29 is 19.7 Å². The molecule has 0 atom stereocenters. The van der Waals surface area contributed by atoms with Crippen LogP contribution in [0.25, 0.3) is 0 Å². The molecule has 1 aliphatic rings. The van der Waals surface area contributed by atoms with Gasteiger partial charge >= 0.3 is 5.97 Å². The van der Waals surface area contributed by atoms with E-state index >= 15 is 0 Å². The Bertz CT molecular complexity index is 423. The Balaban J connectivity index is 1.78. The largest absolute Gasteiger partial charge is 0.508 e. The molecular formula is C13H17NO4. The molecule has 0 bridgehead atoms. The number of nitrogens with zero attached hydrogens (tertiary/aromatic N) is 1. The monoisotopic (exact) mass is 251 g/mol. The molecule has 0 aromatic heterocycles. The zero-order valence-electron chi connectivity index (χ0n) is 10.3. The van der Waals surface area contributed by atoms with E-state index in [4.69, 9.17) is 9.84 Å². The summed E-state index contributed by atoms with van der Waals surface area (Å²) in [7, 11) is 0. The fourth-order valence-corrected chi connectivity index (χ4v) is 2.20. The maximum Gasteiger partial charge on any atom is 0.329 e. The Hall–Kier alpha value is -1.59. The number of carboxylic acid groups (broad SMARTS) is 1. The van der Waals surface area contributed by atoms with Gasteiger partial charge in [0, 0.05) is 19.6 Å².